The van der Waals surface area contributed by atoms with Crippen molar-refractivity contribution in [2.45, 2.75) is 6.92 Å². The molecule has 0 bridgehead atoms. The van der Waals surface area contributed by atoms with Gasteiger partial charge in [-0.05, 0) is 36.6 Å². The zero-order valence-corrected chi connectivity index (χ0v) is 13.6. The minimum atomic E-state index is -0.449. The average molecular weight is 343 g/mol. The van der Waals surface area contributed by atoms with E-state index in [-0.39, 0.29) is 5.75 Å². The van der Waals surface area contributed by atoms with E-state index >= 15 is 0 Å². The Hall–Kier alpha value is -2.38. The first kappa shape index (κ1) is 14.2. The number of nitrogens with zero attached hydrogens (tertiary/aromatic N) is 3. The van der Waals surface area contributed by atoms with Gasteiger partial charge in [-0.2, -0.15) is 0 Å². The number of hydrogen-bond acceptors (Lipinski definition) is 6. The van der Waals surface area contributed by atoms with Gasteiger partial charge in [0.15, 0.2) is 11.6 Å². The molecule has 4 nitrogen and oxygen atoms in total. The molecular weight excluding hydrogens is 333 g/mol. The van der Waals surface area contributed by atoms with Crippen LogP contribution in [0.3, 0.4) is 0 Å². The van der Waals surface area contributed by atoms with Gasteiger partial charge in [0, 0.05) is 10.9 Å². The van der Waals surface area contributed by atoms with Gasteiger partial charge in [-0.15, -0.1) is 22.7 Å². The third kappa shape index (κ3) is 2.69. The molecular formula is C16H10FN3OS2. The minimum Gasteiger partial charge on any atom is -0.435 e. The summed E-state index contributed by atoms with van der Waals surface area (Å²) in [5, 5.41) is 5.53. The maximum atomic E-state index is 14.4. The lowest BCUT2D eigenvalue weighted by Crippen LogP contribution is -1.93. The molecule has 0 fully saturated rings. The van der Waals surface area contributed by atoms with Crippen molar-refractivity contribution in [1.29, 1.82) is 0 Å². The van der Waals surface area contributed by atoms with Crippen LogP contribution in [0.15, 0.2) is 41.4 Å². The van der Waals surface area contributed by atoms with E-state index in [1.807, 2.05) is 23.8 Å². The topological polar surface area (TPSA) is 47.9 Å². The zero-order valence-electron chi connectivity index (χ0n) is 12.0. The van der Waals surface area contributed by atoms with Crippen molar-refractivity contribution in [3.8, 4) is 22.9 Å². The normalized spacial score (nSPS) is 11.0. The zero-order chi connectivity index (χ0) is 15.8. The van der Waals surface area contributed by atoms with Crippen LogP contribution >= 0.6 is 22.7 Å². The van der Waals surface area contributed by atoms with E-state index in [1.54, 1.807) is 12.1 Å². The van der Waals surface area contributed by atoms with Gasteiger partial charge in [-0.1, -0.05) is 0 Å². The van der Waals surface area contributed by atoms with E-state index in [0.29, 0.717) is 5.88 Å². The third-order valence-electron chi connectivity index (χ3n) is 3.28. The fourth-order valence-corrected chi connectivity index (χ4v) is 3.54. The predicted octanol–water partition coefficient (Wildman–Crippen LogP) is 5.05. The van der Waals surface area contributed by atoms with E-state index in [1.165, 1.54) is 35.1 Å². The number of benzene rings is 1. The number of halogens is 1. The summed E-state index contributed by atoms with van der Waals surface area (Å²) < 4.78 is 20.0. The molecule has 0 aliphatic rings. The molecule has 0 spiro atoms. The molecule has 0 unspecified atom stereocenters. The maximum Gasteiger partial charge on any atom is 0.231 e. The van der Waals surface area contributed by atoms with E-state index in [9.17, 15) is 4.39 Å². The van der Waals surface area contributed by atoms with Gasteiger partial charge in [0.1, 0.15) is 11.2 Å². The standard InChI is InChI=1S/C16H10FN3OS2/c1-9-20-13(7-23-9)10-2-3-14(12(17)6-10)21-15-11-4-5-22-16(11)19-8-18-15/h2-8H,1H3. The van der Waals surface area contributed by atoms with Gasteiger partial charge >= 0.3 is 0 Å². The van der Waals surface area contributed by atoms with Crippen molar-refractivity contribution in [3.05, 3.63) is 52.2 Å². The van der Waals surface area contributed by atoms with Crippen LogP contribution < -0.4 is 4.74 Å². The van der Waals surface area contributed by atoms with E-state index in [4.69, 9.17) is 4.74 Å². The monoisotopic (exact) mass is 343 g/mol. The Bertz CT molecular complexity index is 996. The first-order valence-corrected chi connectivity index (χ1v) is 8.55. The summed E-state index contributed by atoms with van der Waals surface area (Å²) in [4.78, 5) is 13.4. The molecule has 4 rings (SSSR count). The van der Waals surface area contributed by atoms with Crippen molar-refractivity contribution >= 4 is 32.9 Å². The quantitative estimate of drug-likeness (QED) is 0.522. The average Bonchev–Trinajstić information content (AvgIpc) is 3.18. The van der Waals surface area contributed by atoms with Crippen LogP contribution in [0.4, 0.5) is 4.39 Å². The van der Waals surface area contributed by atoms with Crippen LogP contribution in [0.2, 0.25) is 0 Å². The molecule has 0 saturated heterocycles. The Kier molecular flexibility index (Phi) is 3.51. The first-order chi connectivity index (χ1) is 11.2. The highest BCUT2D eigenvalue weighted by atomic mass is 32.1. The smallest absolute Gasteiger partial charge is 0.231 e. The molecule has 0 aliphatic carbocycles. The fourth-order valence-electron chi connectivity index (χ4n) is 2.19. The molecule has 0 N–H and O–H groups in total. The van der Waals surface area contributed by atoms with Gasteiger partial charge in [-0.25, -0.2) is 19.3 Å². The highest BCUT2D eigenvalue weighted by Gasteiger charge is 2.12. The summed E-state index contributed by atoms with van der Waals surface area (Å²) in [6.45, 7) is 1.92. The van der Waals surface area contributed by atoms with Gasteiger partial charge < -0.3 is 4.74 Å². The fraction of sp³-hybridized carbons (Fsp3) is 0.0625. The van der Waals surface area contributed by atoms with E-state index < -0.39 is 5.82 Å². The van der Waals surface area contributed by atoms with Crippen molar-refractivity contribution in [2.75, 3.05) is 0 Å². The number of rotatable bonds is 3. The lowest BCUT2D eigenvalue weighted by Gasteiger charge is -2.07. The van der Waals surface area contributed by atoms with E-state index in [0.717, 1.165) is 26.5 Å². The number of fused-ring (bicyclic) bond motifs is 1. The van der Waals surface area contributed by atoms with Gasteiger partial charge in [0.2, 0.25) is 5.88 Å². The molecule has 0 amide bonds. The number of aryl methyl sites for hydroxylation is 1. The Morgan fingerprint density at radius 1 is 1.13 bits per heavy atom. The lowest BCUT2D eigenvalue weighted by molar-refractivity contribution is 0.432. The molecule has 0 aliphatic heterocycles. The Balaban J connectivity index is 1.69. The Morgan fingerprint density at radius 3 is 2.83 bits per heavy atom. The summed E-state index contributed by atoms with van der Waals surface area (Å²) in [6, 6.07) is 6.67. The van der Waals surface area contributed by atoms with Crippen molar-refractivity contribution in [1.82, 2.24) is 15.0 Å². The Morgan fingerprint density at radius 2 is 2.04 bits per heavy atom. The minimum absolute atomic E-state index is 0.131. The molecule has 114 valence electrons. The number of hydrogen-bond donors (Lipinski definition) is 0. The molecule has 1 aromatic carbocycles. The second-order valence-electron chi connectivity index (χ2n) is 4.82. The van der Waals surface area contributed by atoms with Gasteiger partial charge in [0.05, 0.1) is 16.1 Å². The molecule has 4 aromatic rings. The van der Waals surface area contributed by atoms with Crippen LogP contribution in [-0.4, -0.2) is 15.0 Å². The maximum absolute atomic E-state index is 14.4. The summed E-state index contributed by atoms with van der Waals surface area (Å²) in [5.74, 6) is 0.0365. The number of ether oxygens (including phenoxy) is 1. The first-order valence-electron chi connectivity index (χ1n) is 6.79. The second kappa shape index (κ2) is 5.68. The lowest BCUT2D eigenvalue weighted by atomic mass is 10.1. The van der Waals surface area contributed by atoms with Crippen molar-refractivity contribution in [2.24, 2.45) is 0 Å². The van der Waals surface area contributed by atoms with Crippen LogP contribution in [0.5, 0.6) is 11.6 Å². The predicted molar refractivity (Wildman–Crippen MR) is 89.7 cm³/mol. The van der Waals surface area contributed by atoms with E-state index in [2.05, 4.69) is 15.0 Å². The van der Waals surface area contributed by atoms with Crippen LogP contribution in [0, 0.1) is 12.7 Å². The molecule has 0 atom stereocenters. The van der Waals surface area contributed by atoms with Crippen LogP contribution in [0.1, 0.15) is 5.01 Å². The van der Waals surface area contributed by atoms with Crippen molar-refractivity contribution in [3.63, 3.8) is 0 Å². The molecule has 0 radical (unpaired) electrons. The number of thiophene rings is 1. The molecule has 3 aromatic heterocycles. The summed E-state index contributed by atoms with van der Waals surface area (Å²) in [5.41, 5.74) is 1.49. The Labute approximate surface area is 139 Å². The molecule has 7 heteroatoms. The largest absolute Gasteiger partial charge is 0.435 e. The van der Waals surface area contributed by atoms with Gasteiger partial charge in [0.25, 0.3) is 0 Å². The number of aromatic nitrogens is 3. The van der Waals surface area contributed by atoms with Crippen LogP contribution in [-0.2, 0) is 0 Å². The van der Waals surface area contributed by atoms with Crippen LogP contribution in [0.25, 0.3) is 21.5 Å². The second-order valence-corrected chi connectivity index (χ2v) is 6.77. The highest BCUT2D eigenvalue weighted by Crippen LogP contribution is 2.32. The highest BCUT2D eigenvalue weighted by molar-refractivity contribution is 7.16. The van der Waals surface area contributed by atoms with Gasteiger partial charge in [-0.3, -0.25) is 0 Å². The summed E-state index contributed by atoms with van der Waals surface area (Å²) >= 11 is 3.02. The molecule has 23 heavy (non-hydrogen) atoms. The van der Waals surface area contributed by atoms with Crippen molar-refractivity contribution < 1.29 is 9.13 Å². The SMILES string of the molecule is Cc1nc(-c2ccc(Oc3ncnc4sccc34)c(F)c2)cs1. The molecule has 3 heterocycles. The summed E-state index contributed by atoms with van der Waals surface area (Å²) in [6.07, 6.45) is 1.42. The number of thiazole rings is 1. The molecule has 0 saturated carbocycles. The summed E-state index contributed by atoms with van der Waals surface area (Å²) in [7, 11) is 0. The third-order valence-corrected chi connectivity index (χ3v) is 4.87.